The lowest BCUT2D eigenvalue weighted by Crippen LogP contribution is -2.25. The molecular weight excluding hydrogens is 204 g/mol. The zero-order valence-electron chi connectivity index (χ0n) is 7.62. The van der Waals surface area contributed by atoms with Crippen LogP contribution in [0.3, 0.4) is 0 Å². The van der Waals surface area contributed by atoms with Gasteiger partial charge in [-0.3, -0.25) is 4.79 Å². The topological polar surface area (TPSA) is 92.9 Å². The van der Waals surface area contributed by atoms with Crippen LogP contribution in [0.25, 0.3) is 0 Å². The first-order valence-corrected chi connectivity index (χ1v) is 4.26. The second kappa shape index (κ2) is 3.60. The molecule has 1 aromatic rings. The first-order chi connectivity index (χ1) is 7.16. The Bertz CT molecular complexity index is 374. The van der Waals surface area contributed by atoms with Gasteiger partial charge in [-0.25, -0.2) is 14.7 Å². The van der Waals surface area contributed by atoms with Gasteiger partial charge in [-0.15, -0.1) is 0 Å². The summed E-state index contributed by atoms with van der Waals surface area (Å²) in [5, 5.41) is 8.53. The number of oxazole rings is 1. The summed E-state index contributed by atoms with van der Waals surface area (Å²) in [7, 11) is 0. The van der Waals surface area contributed by atoms with Gasteiger partial charge >= 0.3 is 18.1 Å². The monoisotopic (exact) mass is 212 g/mol. The lowest BCUT2D eigenvalue weighted by molar-refractivity contribution is -0.138. The molecule has 0 aliphatic carbocycles. The summed E-state index contributed by atoms with van der Waals surface area (Å²) in [6, 6.07) is 0.118. The van der Waals surface area contributed by atoms with Crippen LogP contribution in [-0.2, 0) is 9.53 Å². The standard InChI is InChI=1S/C8H8N2O5/c11-6(12)3-5-4-10(8(13)15-5)7-9-1-2-14-7/h1-2,5H,3-4H2,(H,11,12). The van der Waals surface area contributed by atoms with Crippen LogP contribution in [0, 0.1) is 0 Å². The summed E-state index contributed by atoms with van der Waals surface area (Å²) in [5.41, 5.74) is 0. The minimum Gasteiger partial charge on any atom is -0.481 e. The van der Waals surface area contributed by atoms with E-state index < -0.39 is 18.2 Å². The van der Waals surface area contributed by atoms with Crippen LogP contribution in [0.2, 0.25) is 0 Å². The molecule has 0 saturated carbocycles. The van der Waals surface area contributed by atoms with Crippen LogP contribution in [0.5, 0.6) is 0 Å². The zero-order valence-corrected chi connectivity index (χ0v) is 7.62. The molecule has 1 aliphatic heterocycles. The van der Waals surface area contributed by atoms with Gasteiger partial charge < -0.3 is 14.3 Å². The maximum Gasteiger partial charge on any atom is 0.418 e. The van der Waals surface area contributed by atoms with E-state index in [0.717, 1.165) is 4.90 Å². The number of nitrogens with zero attached hydrogens (tertiary/aromatic N) is 2. The highest BCUT2D eigenvalue weighted by molar-refractivity contribution is 5.87. The van der Waals surface area contributed by atoms with Gasteiger partial charge in [-0.1, -0.05) is 0 Å². The summed E-state index contributed by atoms with van der Waals surface area (Å²) < 4.78 is 9.72. The number of carboxylic acids is 1. The predicted molar refractivity (Wildman–Crippen MR) is 46.4 cm³/mol. The average molecular weight is 212 g/mol. The Morgan fingerprint density at radius 3 is 3.13 bits per heavy atom. The number of carboxylic acid groups (broad SMARTS) is 1. The molecular formula is C8H8N2O5. The Hall–Kier alpha value is -2.05. The van der Waals surface area contributed by atoms with Gasteiger partial charge in [-0.05, 0) is 0 Å². The van der Waals surface area contributed by atoms with Crippen LogP contribution in [0.15, 0.2) is 16.9 Å². The van der Waals surface area contributed by atoms with Crippen LogP contribution in [-0.4, -0.2) is 34.8 Å². The molecule has 0 bridgehead atoms. The van der Waals surface area contributed by atoms with E-state index in [1.165, 1.54) is 12.5 Å². The van der Waals surface area contributed by atoms with Crippen molar-refractivity contribution in [2.75, 3.05) is 11.4 Å². The summed E-state index contributed by atoms with van der Waals surface area (Å²) in [5.74, 6) is -1.01. The van der Waals surface area contributed by atoms with E-state index in [-0.39, 0.29) is 19.0 Å². The Labute approximate surface area is 84.3 Å². The van der Waals surface area contributed by atoms with Gasteiger partial charge in [-0.2, -0.15) is 0 Å². The summed E-state index contributed by atoms with van der Waals surface area (Å²) in [6.07, 6.45) is 1.22. The van der Waals surface area contributed by atoms with Crippen molar-refractivity contribution in [3.63, 3.8) is 0 Å². The number of carbonyl (C=O) groups is 2. The first kappa shape index (κ1) is 9.50. The number of carbonyl (C=O) groups excluding carboxylic acids is 1. The van der Waals surface area contributed by atoms with Crippen molar-refractivity contribution in [2.24, 2.45) is 0 Å². The summed E-state index contributed by atoms with van der Waals surface area (Å²) in [4.78, 5) is 26.6. The fourth-order valence-electron chi connectivity index (χ4n) is 1.33. The maximum atomic E-state index is 11.3. The molecule has 1 fully saturated rings. The van der Waals surface area contributed by atoms with Crippen molar-refractivity contribution in [3.8, 4) is 0 Å². The highest BCUT2D eigenvalue weighted by Gasteiger charge is 2.35. The fraction of sp³-hybridized carbons (Fsp3) is 0.375. The minimum absolute atomic E-state index is 0.118. The molecule has 2 rings (SSSR count). The van der Waals surface area contributed by atoms with Crippen LogP contribution in [0.1, 0.15) is 6.42 Å². The molecule has 2 heterocycles. The van der Waals surface area contributed by atoms with E-state index in [9.17, 15) is 9.59 Å². The lowest BCUT2D eigenvalue weighted by Gasteiger charge is -2.05. The molecule has 0 spiro atoms. The van der Waals surface area contributed by atoms with Crippen molar-refractivity contribution in [1.29, 1.82) is 0 Å². The zero-order chi connectivity index (χ0) is 10.8. The quantitative estimate of drug-likeness (QED) is 0.782. The SMILES string of the molecule is O=C(O)CC1CN(c2ncco2)C(=O)O1. The minimum atomic E-state index is -1.01. The first-order valence-electron chi connectivity index (χ1n) is 4.26. The van der Waals surface area contributed by atoms with E-state index >= 15 is 0 Å². The average Bonchev–Trinajstić information content (AvgIpc) is 2.72. The largest absolute Gasteiger partial charge is 0.481 e. The maximum absolute atomic E-state index is 11.3. The Kier molecular flexibility index (Phi) is 2.28. The molecule has 1 unspecified atom stereocenters. The summed E-state index contributed by atoms with van der Waals surface area (Å²) >= 11 is 0. The van der Waals surface area contributed by atoms with Crippen LogP contribution in [0.4, 0.5) is 10.8 Å². The van der Waals surface area contributed by atoms with Gasteiger partial charge in [0.1, 0.15) is 12.4 Å². The molecule has 0 radical (unpaired) electrons. The third-order valence-electron chi connectivity index (χ3n) is 1.93. The number of aromatic nitrogens is 1. The van der Waals surface area contributed by atoms with Gasteiger partial charge in [0.25, 0.3) is 0 Å². The lowest BCUT2D eigenvalue weighted by atomic mass is 10.2. The Morgan fingerprint density at radius 1 is 1.73 bits per heavy atom. The van der Waals surface area contributed by atoms with Crippen LogP contribution < -0.4 is 4.90 Å². The van der Waals surface area contributed by atoms with E-state index in [0.29, 0.717) is 0 Å². The highest BCUT2D eigenvalue weighted by atomic mass is 16.6. The third-order valence-corrected chi connectivity index (χ3v) is 1.93. The van der Waals surface area contributed by atoms with E-state index in [4.69, 9.17) is 14.3 Å². The van der Waals surface area contributed by atoms with Gasteiger partial charge in [0.15, 0.2) is 0 Å². The molecule has 1 N–H and O–H groups in total. The number of hydrogen-bond acceptors (Lipinski definition) is 5. The molecule has 1 atom stereocenters. The van der Waals surface area contributed by atoms with E-state index in [2.05, 4.69) is 4.98 Å². The van der Waals surface area contributed by atoms with Crippen LogP contribution >= 0.6 is 0 Å². The van der Waals surface area contributed by atoms with Gasteiger partial charge in [0.2, 0.25) is 0 Å². The molecule has 1 saturated heterocycles. The predicted octanol–water partition coefficient (Wildman–Crippen LogP) is 0.474. The molecule has 15 heavy (non-hydrogen) atoms. The van der Waals surface area contributed by atoms with Crippen molar-refractivity contribution in [1.82, 2.24) is 4.98 Å². The molecule has 1 amide bonds. The van der Waals surface area contributed by atoms with Crippen molar-refractivity contribution >= 4 is 18.1 Å². The van der Waals surface area contributed by atoms with E-state index in [1.54, 1.807) is 0 Å². The number of amides is 1. The smallest absolute Gasteiger partial charge is 0.418 e. The second-order valence-corrected chi connectivity index (χ2v) is 3.03. The molecule has 1 aromatic heterocycles. The van der Waals surface area contributed by atoms with Gasteiger partial charge in [0.05, 0.1) is 19.2 Å². The second-order valence-electron chi connectivity index (χ2n) is 3.03. The number of aliphatic carboxylic acids is 1. The number of cyclic esters (lactones) is 1. The molecule has 80 valence electrons. The number of ether oxygens (including phenoxy) is 1. The third kappa shape index (κ3) is 1.90. The highest BCUT2D eigenvalue weighted by Crippen LogP contribution is 2.20. The molecule has 7 nitrogen and oxygen atoms in total. The molecule has 1 aliphatic rings. The number of hydrogen-bond donors (Lipinski definition) is 1. The number of rotatable bonds is 3. The molecule has 0 aromatic carbocycles. The Balaban J connectivity index is 2.05. The van der Waals surface area contributed by atoms with Crippen molar-refractivity contribution < 1.29 is 23.8 Å². The van der Waals surface area contributed by atoms with Gasteiger partial charge in [0, 0.05) is 0 Å². The van der Waals surface area contributed by atoms with Crippen molar-refractivity contribution in [2.45, 2.75) is 12.5 Å². The Morgan fingerprint density at radius 2 is 2.53 bits per heavy atom. The summed E-state index contributed by atoms with van der Waals surface area (Å²) in [6.45, 7) is 0.144. The fourth-order valence-corrected chi connectivity index (χ4v) is 1.33. The normalized spacial score (nSPS) is 20.4. The van der Waals surface area contributed by atoms with Crippen molar-refractivity contribution in [3.05, 3.63) is 12.5 Å². The number of anilines is 1. The molecule has 7 heteroatoms. The van der Waals surface area contributed by atoms with E-state index in [1.807, 2.05) is 0 Å².